The Balaban J connectivity index is 0.000000810. The van der Waals surface area contributed by atoms with Crippen molar-refractivity contribution in [2.24, 2.45) is 34.6 Å². The number of nitrogens with one attached hydrogen (secondary N) is 2. The maximum absolute atomic E-state index is 5.05. The Morgan fingerprint density at radius 2 is 1.10 bits per heavy atom. The van der Waals surface area contributed by atoms with Crippen molar-refractivity contribution in [1.29, 1.82) is 0 Å². The molecule has 4 aromatic rings. The number of halogens is 4. The third kappa shape index (κ3) is 11.6. The molecule has 2 aromatic heterocycles. The van der Waals surface area contributed by atoms with Crippen molar-refractivity contribution in [3.63, 3.8) is 0 Å². The van der Waals surface area contributed by atoms with Crippen LogP contribution < -0.4 is 19.8 Å². The van der Waals surface area contributed by atoms with Gasteiger partial charge in [-0.3, -0.25) is 0 Å². The average molecular weight is 714 g/mol. The minimum atomic E-state index is -3.36. The van der Waals surface area contributed by atoms with Crippen LogP contribution in [0.15, 0.2) is 80.0 Å². The van der Waals surface area contributed by atoms with E-state index in [4.69, 9.17) is 38.8 Å². The molecule has 15 heteroatoms. The first kappa shape index (κ1) is 32.8. The van der Waals surface area contributed by atoms with Gasteiger partial charge >= 0.3 is 59.8 Å². The van der Waals surface area contributed by atoms with Gasteiger partial charge in [-0.15, -0.1) is 0 Å². The van der Waals surface area contributed by atoms with Crippen molar-refractivity contribution in [3.8, 4) is 0 Å². The molecule has 0 radical (unpaired) electrons. The molecule has 0 bridgehead atoms. The van der Waals surface area contributed by atoms with E-state index in [2.05, 4.69) is 69.2 Å². The number of hydrogen-bond donors (Lipinski definition) is 2. The molecular formula is C25H30Cl4N8S2Zn. The zero-order valence-corrected chi connectivity index (χ0v) is 30.2. The molecule has 0 amide bonds. The van der Waals surface area contributed by atoms with E-state index >= 15 is 0 Å². The van der Waals surface area contributed by atoms with E-state index in [1.807, 2.05) is 58.5 Å². The topological polar surface area (TPSA) is 81.3 Å². The van der Waals surface area contributed by atoms with Crippen LogP contribution in [0.1, 0.15) is 17.5 Å². The summed E-state index contributed by atoms with van der Waals surface area (Å²) >= 11 is 3.14. The zero-order chi connectivity index (χ0) is 29.1. The molecule has 0 aliphatic carbocycles. The van der Waals surface area contributed by atoms with Crippen LogP contribution in [0.2, 0.25) is 0 Å². The second-order valence-corrected chi connectivity index (χ2v) is 38.3. The third-order valence-corrected chi connectivity index (χ3v) is 7.09. The number of aryl methyl sites for hydroxylation is 4. The van der Waals surface area contributed by atoms with Crippen LogP contribution in [0.4, 0.5) is 33.0 Å². The fourth-order valence-electron chi connectivity index (χ4n) is 3.35. The molecule has 212 valence electrons. The van der Waals surface area contributed by atoms with E-state index in [0.717, 1.165) is 63.6 Å². The molecule has 0 aliphatic rings. The van der Waals surface area contributed by atoms with Gasteiger partial charge in [0.2, 0.25) is 0 Å². The monoisotopic (exact) mass is 710 g/mol. The van der Waals surface area contributed by atoms with Gasteiger partial charge in [-0.2, -0.15) is 0 Å². The molecule has 0 saturated heterocycles. The molecule has 0 aliphatic heterocycles. The number of aromatic nitrogens is 2. The van der Waals surface area contributed by atoms with E-state index in [-0.39, 0.29) is 0 Å². The van der Waals surface area contributed by atoms with Crippen molar-refractivity contribution in [2.75, 3.05) is 23.7 Å². The third-order valence-electron chi connectivity index (χ3n) is 5.41. The van der Waals surface area contributed by atoms with Crippen molar-refractivity contribution in [2.45, 2.75) is 20.3 Å². The molecule has 40 heavy (non-hydrogen) atoms. The van der Waals surface area contributed by atoms with Gasteiger partial charge in [0.1, 0.15) is 23.8 Å². The average Bonchev–Trinajstić information content (AvgIpc) is 3.49. The summed E-state index contributed by atoms with van der Waals surface area (Å²) in [6.45, 7) is 5.87. The molecule has 0 fully saturated rings. The van der Waals surface area contributed by atoms with Crippen molar-refractivity contribution in [1.82, 2.24) is 0 Å². The van der Waals surface area contributed by atoms with Crippen molar-refractivity contribution in [3.05, 3.63) is 70.7 Å². The fraction of sp³-hybridized carbons (Fsp3) is 0.280. The van der Waals surface area contributed by atoms with Gasteiger partial charge in [-0.25, -0.2) is 9.13 Å². The molecule has 2 aromatic carbocycles. The summed E-state index contributed by atoms with van der Waals surface area (Å²) in [5, 5.41) is 30.2. The number of thiazole rings is 2. The number of rotatable bonds is 10. The first-order valence-corrected chi connectivity index (χ1v) is 29.8. The predicted molar refractivity (Wildman–Crippen MR) is 167 cm³/mol. The molecule has 0 saturated carbocycles. The molecule has 2 N–H and O–H groups in total. The van der Waals surface area contributed by atoms with E-state index in [9.17, 15) is 0 Å². The van der Waals surface area contributed by atoms with Gasteiger partial charge in [0.25, 0.3) is 0 Å². The molecule has 8 nitrogen and oxygen atoms in total. The van der Waals surface area contributed by atoms with Gasteiger partial charge in [0, 0.05) is 35.2 Å². The Morgan fingerprint density at radius 1 is 0.700 bits per heavy atom. The van der Waals surface area contributed by atoms with Gasteiger partial charge in [0.05, 0.1) is 24.3 Å². The Morgan fingerprint density at radius 3 is 1.43 bits per heavy atom. The SMILES string of the molecule is Cc1cc(NCCCNc2ccc(N=Nc3scc[n+]3C)c(C)c2)ccc1N=Nc1scc[n+]1C.[Cl][Zn-2]([Cl])([Cl])[Cl]. The number of nitrogens with zero attached hydrogens (tertiary/aromatic N) is 6. The summed E-state index contributed by atoms with van der Waals surface area (Å²) in [6.07, 6.45) is 4.94. The van der Waals surface area contributed by atoms with E-state index in [1.54, 1.807) is 22.7 Å². The van der Waals surface area contributed by atoms with E-state index in [1.165, 1.54) is 0 Å². The van der Waals surface area contributed by atoms with Crippen LogP contribution >= 0.6 is 61.4 Å². The normalized spacial score (nSPS) is 11.6. The quantitative estimate of drug-likeness (QED) is 0.0743. The van der Waals surface area contributed by atoms with Crippen LogP contribution in [-0.2, 0) is 24.9 Å². The van der Waals surface area contributed by atoms with Crippen LogP contribution in [0, 0.1) is 13.8 Å². The first-order valence-electron chi connectivity index (χ1n) is 12.5. The second kappa shape index (κ2) is 16.1. The van der Waals surface area contributed by atoms with Gasteiger partial charge in [-0.05, 0) is 101 Å². The minimum absolute atomic E-state index is 0.876. The molecule has 0 spiro atoms. The number of anilines is 2. The summed E-state index contributed by atoms with van der Waals surface area (Å²) in [5.41, 5.74) is 6.13. The van der Waals surface area contributed by atoms with E-state index in [0.29, 0.717) is 0 Å². The Hall–Kier alpha value is -1.72. The number of hydrogen-bond acceptors (Lipinski definition) is 8. The summed E-state index contributed by atoms with van der Waals surface area (Å²) < 4.78 is 3.92. The molecule has 4 rings (SSSR count). The van der Waals surface area contributed by atoms with Crippen molar-refractivity contribution >= 4 is 94.5 Å². The van der Waals surface area contributed by atoms with Gasteiger partial charge < -0.3 is 10.6 Å². The standard InChI is InChI=1S/C25H28N8S2.4ClH.Zn/c1-18-16-20(6-8-22(18)28-30-24-32(3)12-14-34-24)26-10-5-11-27-21-7-9-23(19(2)17-21)29-31-25-33(4)13-15-35-25;;;;;/h6-9,12-17H,5,10-11H2,1-4H3;4*1H;/q;;;;;+2/p-2. The summed E-state index contributed by atoms with van der Waals surface area (Å²) in [4.78, 5) is 0. The van der Waals surface area contributed by atoms with Gasteiger partial charge in [-0.1, -0.05) is 0 Å². The number of azo groups is 2. The molecular weight excluding hydrogens is 684 g/mol. The van der Waals surface area contributed by atoms with Crippen LogP contribution in [0.3, 0.4) is 0 Å². The van der Waals surface area contributed by atoms with Crippen LogP contribution in [0.5, 0.6) is 0 Å². The predicted octanol–water partition coefficient (Wildman–Crippen LogP) is 9.58. The molecule has 0 atom stereocenters. The van der Waals surface area contributed by atoms with Crippen molar-refractivity contribution < 1.29 is 19.9 Å². The van der Waals surface area contributed by atoms with Crippen LogP contribution in [0.25, 0.3) is 0 Å². The van der Waals surface area contributed by atoms with Gasteiger partial charge in [0.15, 0.2) is 0 Å². The number of benzene rings is 2. The molecule has 2 heterocycles. The maximum atomic E-state index is 5.05. The Bertz CT molecular complexity index is 1350. The first-order chi connectivity index (χ1) is 19.0. The molecule has 0 unspecified atom stereocenters. The fourth-order valence-corrected chi connectivity index (χ4v) is 4.71. The van der Waals surface area contributed by atoms with Crippen LogP contribution in [-0.4, -0.2) is 13.1 Å². The summed E-state index contributed by atoms with van der Waals surface area (Å²) in [7, 11) is 20.8. The summed E-state index contributed by atoms with van der Waals surface area (Å²) in [6, 6.07) is 12.3. The van der Waals surface area contributed by atoms with E-state index < -0.39 is 10.8 Å². The Kier molecular flexibility index (Phi) is 13.2. The summed E-state index contributed by atoms with van der Waals surface area (Å²) in [5.74, 6) is 0. The zero-order valence-electron chi connectivity index (χ0n) is 22.6. The second-order valence-electron chi connectivity index (χ2n) is 8.81. The Labute approximate surface area is 261 Å².